The van der Waals surface area contributed by atoms with Gasteiger partial charge >= 0.3 is 35.9 Å². The number of carbonyl (C=O) groups is 8. The van der Waals surface area contributed by atoms with Crippen molar-refractivity contribution in [3.8, 4) is 0 Å². The fraction of sp³-hybridized carbons (Fsp3) is 0.333. The van der Waals surface area contributed by atoms with Gasteiger partial charge in [-0.2, -0.15) is 0 Å². The van der Waals surface area contributed by atoms with Gasteiger partial charge in [-0.25, -0.2) is 19.2 Å². The number of primary amides is 1. The molecule has 0 radical (unpaired) electrons. The van der Waals surface area contributed by atoms with E-state index in [0.29, 0.717) is 16.0 Å². The third-order valence-corrected chi connectivity index (χ3v) is 11.2. The summed E-state index contributed by atoms with van der Waals surface area (Å²) < 4.78 is 16.6. The summed E-state index contributed by atoms with van der Waals surface area (Å²) >= 11 is 1.15. The molecule has 6 rings (SSSR count). The maximum Gasteiger partial charge on any atom is 0.404 e. The zero-order valence-electron chi connectivity index (χ0n) is 33.7. The monoisotopic (exact) mass is 855 g/mol. The lowest BCUT2D eigenvalue weighted by atomic mass is 9.98. The predicted octanol–water partition coefficient (Wildman–Crippen LogP) is 2.75. The number of nitrogens with zero attached hydrogens (tertiary/aromatic N) is 3. The minimum Gasteiger partial charge on any atom is -0.456 e. The van der Waals surface area contributed by atoms with Gasteiger partial charge in [0.25, 0.3) is 5.91 Å². The minimum absolute atomic E-state index is 0.00744. The number of esters is 2. The first-order chi connectivity index (χ1) is 29.0. The number of thioether (sulfide) groups is 1. The number of nitrogen functional groups attached to an aromatic ring is 1. The summed E-state index contributed by atoms with van der Waals surface area (Å²) in [5, 5.41) is 4.25. The molecule has 3 aromatic rings. The molecule has 3 aliphatic heterocycles. The van der Waals surface area contributed by atoms with Gasteiger partial charge in [-0.3, -0.25) is 29.0 Å². The first kappa shape index (κ1) is 43.7. The molecule has 0 spiro atoms. The second-order valence-corrected chi connectivity index (χ2v) is 16.2. The lowest BCUT2D eigenvalue weighted by Gasteiger charge is -2.50. The van der Waals surface area contributed by atoms with Crippen LogP contribution in [0.4, 0.5) is 15.3 Å². The van der Waals surface area contributed by atoms with Crippen LogP contribution >= 0.6 is 11.8 Å². The summed E-state index contributed by atoms with van der Waals surface area (Å²) in [6.07, 6.45) is -2.01. The lowest BCUT2D eigenvalue weighted by molar-refractivity contribution is -0.155. The first-order valence-electron chi connectivity index (χ1n) is 19.2. The van der Waals surface area contributed by atoms with E-state index < -0.39 is 83.5 Å². The molecule has 2 fully saturated rings. The van der Waals surface area contributed by atoms with E-state index >= 15 is 0 Å². The summed E-state index contributed by atoms with van der Waals surface area (Å²) in [5.41, 5.74) is 12.0. The quantitative estimate of drug-likeness (QED) is 0.0674. The Hall–Kier alpha value is -6.89. The van der Waals surface area contributed by atoms with Gasteiger partial charge in [-0.05, 0) is 51.0 Å². The zero-order chi connectivity index (χ0) is 44.2. The van der Waals surface area contributed by atoms with Crippen LogP contribution in [-0.2, 0) is 38.2 Å². The highest BCUT2D eigenvalue weighted by Gasteiger charge is 2.55. The molecule has 18 nitrogen and oxygen atoms in total. The lowest BCUT2D eigenvalue weighted by Crippen LogP contribution is -2.71. The van der Waals surface area contributed by atoms with Crippen LogP contribution in [0.3, 0.4) is 0 Å². The highest BCUT2D eigenvalue weighted by atomic mass is 32.2. The number of anilines is 1. The van der Waals surface area contributed by atoms with Gasteiger partial charge < -0.3 is 41.2 Å². The van der Waals surface area contributed by atoms with E-state index in [2.05, 4.69) is 10.6 Å². The summed E-state index contributed by atoms with van der Waals surface area (Å²) in [4.78, 5) is 109. The number of β-lactam (4-membered cyclic amide) rings is 1. The molecule has 3 heterocycles. The number of hydrogen-bond donors (Lipinski definition) is 4. The number of piperazine rings is 1. The molecule has 0 saturated carbocycles. The van der Waals surface area contributed by atoms with E-state index in [9.17, 15) is 38.4 Å². The number of benzene rings is 3. The number of nitrogens with two attached hydrogens (primary N) is 2. The van der Waals surface area contributed by atoms with E-state index in [1.165, 1.54) is 23.1 Å². The second kappa shape index (κ2) is 18.2. The number of carbonyl (C=O) groups excluding carboxylic acids is 8. The molecule has 320 valence electrons. The maximum atomic E-state index is 14.3. The van der Waals surface area contributed by atoms with Crippen LogP contribution in [0.15, 0.2) is 90.1 Å². The van der Waals surface area contributed by atoms with E-state index in [1.807, 2.05) is 12.1 Å². The number of fused-ring (bicyclic) bond motifs is 1. The fourth-order valence-corrected chi connectivity index (χ4v) is 8.21. The molecule has 2 saturated heterocycles. The summed E-state index contributed by atoms with van der Waals surface area (Å²) in [6.45, 7) is 6.44. The van der Waals surface area contributed by atoms with Gasteiger partial charge in [0.2, 0.25) is 5.91 Å². The van der Waals surface area contributed by atoms with E-state index in [-0.39, 0.29) is 53.5 Å². The Kier molecular flexibility index (Phi) is 13.0. The fourth-order valence-electron chi connectivity index (χ4n) is 6.88. The number of amides is 7. The summed E-state index contributed by atoms with van der Waals surface area (Å²) in [7, 11) is 0. The van der Waals surface area contributed by atoms with Crippen LogP contribution in [-0.4, -0.2) is 111 Å². The Labute approximate surface area is 354 Å². The smallest absolute Gasteiger partial charge is 0.404 e. The van der Waals surface area contributed by atoms with E-state index in [4.69, 9.17) is 25.7 Å². The number of ether oxygens (including phenoxy) is 3. The van der Waals surface area contributed by atoms with Gasteiger partial charge in [0.15, 0.2) is 6.10 Å². The SMILES string of the molecule is CCN1CCN(C(=O)N[C@@H](C(=O)N[C@@H]2C(=O)N3C(C(=O)OC(c4ccccc4)c4ccccc4)=C(COC(N)=O)CS[C@H]23)c2ccc(C(=O)OC(C)(C)C)cc2N)C(=O)C1=O. The molecule has 6 N–H and O–H groups in total. The Morgan fingerprint density at radius 1 is 0.885 bits per heavy atom. The average Bonchev–Trinajstić information content (AvgIpc) is 3.23. The summed E-state index contributed by atoms with van der Waals surface area (Å²) in [6, 6.07) is 17.8. The number of rotatable bonds is 12. The van der Waals surface area contributed by atoms with Gasteiger partial charge in [-0.1, -0.05) is 66.7 Å². The second-order valence-electron chi connectivity index (χ2n) is 15.1. The minimum atomic E-state index is -1.67. The molecular weight excluding hydrogens is 811 g/mol. The molecule has 0 bridgehead atoms. The van der Waals surface area contributed by atoms with Crippen molar-refractivity contribution in [3.05, 3.63) is 112 Å². The maximum absolute atomic E-state index is 14.3. The topological polar surface area (TPSA) is 250 Å². The number of urea groups is 1. The highest BCUT2D eigenvalue weighted by molar-refractivity contribution is 8.00. The van der Waals surface area contributed by atoms with Gasteiger partial charge in [0.1, 0.15) is 35.4 Å². The van der Waals surface area contributed by atoms with Crippen LogP contribution in [0.5, 0.6) is 0 Å². The number of imide groups is 1. The molecule has 7 amide bonds. The van der Waals surface area contributed by atoms with Crippen molar-refractivity contribution in [1.29, 1.82) is 0 Å². The molecule has 0 unspecified atom stereocenters. The van der Waals surface area contributed by atoms with Crippen LogP contribution < -0.4 is 22.1 Å². The van der Waals surface area contributed by atoms with Crippen molar-refractivity contribution in [1.82, 2.24) is 25.3 Å². The predicted molar refractivity (Wildman–Crippen MR) is 220 cm³/mol. The van der Waals surface area contributed by atoms with Crippen LogP contribution in [0, 0.1) is 0 Å². The molecule has 3 atom stereocenters. The van der Waals surface area contributed by atoms with Crippen LogP contribution in [0.1, 0.15) is 66.9 Å². The van der Waals surface area contributed by atoms with Gasteiger partial charge in [-0.15, -0.1) is 11.8 Å². The van der Waals surface area contributed by atoms with Crippen molar-refractivity contribution in [3.63, 3.8) is 0 Å². The van der Waals surface area contributed by atoms with Gasteiger partial charge in [0, 0.05) is 42.2 Å². The molecule has 61 heavy (non-hydrogen) atoms. The largest absolute Gasteiger partial charge is 0.456 e. The van der Waals surface area contributed by atoms with E-state index in [1.54, 1.807) is 76.2 Å². The molecule has 0 aromatic heterocycles. The Bertz CT molecular complexity index is 2240. The molecule has 3 aliphatic rings. The normalized spacial score (nSPS) is 18.2. The van der Waals surface area contributed by atoms with Crippen molar-refractivity contribution >= 4 is 65.1 Å². The van der Waals surface area contributed by atoms with Crippen molar-refractivity contribution in [2.24, 2.45) is 5.73 Å². The average molecular weight is 856 g/mol. The zero-order valence-corrected chi connectivity index (χ0v) is 34.6. The Morgan fingerprint density at radius 3 is 2.10 bits per heavy atom. The molecule has 0 aliphatic carbocycles. The summed E-state index contributed by atoms with van der Waals surface area (Å²) in [5.74, 6) is -5.25. The van der Waals surface area contributed by atoms with Crippen molar-refractivity contribution in [2.75, 3.05) is 37.7 Å². The van der Waals surface area contributed by atoms with Crippen LogP contribution in [0.2, 0.25) is 0 Å². The molecule has 3 aromatic carbocycles. The molecule has 19 heteroatoms. The van der Waals surface area contributed by atoms with Crippen molar-refractivity contribution in [2.45, 2.75) is 56.9 Å². The van der Waals surface area contributed by atoms with Gasteiger partial charge in [0.05, 0.1) is 5.56 Å². The van der Waals surface area contributed by atoms with E-state index in [0.717, 1.165) is 16.7 Å². The number of nitrogens with one attached hydrogen (secondary N) is 2. The van der Waals surface area contributed by atoms with Crippen LogP contribution in [0.25, 0.3) is 0 Å². The Morgan fingerprint density at radius 2 is 1.52 bits per heavy atom. The highest BCUT2D eigenvalue weighted by Crippen LogP contribution is 2.42. The first-order valence-corrected chi connectivity index (χ1v) is 20.3. The third-order valence-electron chi connectivity index (χ3n) is 9.85. The third kappa shape index (κ3) is 9.62. The Balaban J connectivity index is 1.28. The molecular formula is C42H45N7O11S. The standard InChI is InChI=1S/C42H45N7O11S/c1-5-47-18-19-48(36(53)35(47)52)41(57)46-29(27-17-16-25(20-28(27)43)38(54)60-42(2,3)4)33(50)45-30-34(51)49-31(26(21-58-40(44)56)22-61-37(30)49)39(55)59-32(23-12-8-6-9-13-23)24-14-10-7-11-15-24/h6-17,20,29-30,32,37H,5,18-19,21-22,43H2,1-4H3,(H2,44,56)(H,45,50)(H,46,57)/t29-,30-,37-/m1/s1. The number of likely N-dealkylation sites (N-methyl/N-ethyl adjacent to an activating group) is 1. The number of hydrogen-bond acceptors (Lipinski definition) is 13. The van der Waals surface area contributed by atoms with Crippen molar-refractivity contribution < 1.29 is 52.6 Å².